The van der Waals surface area contributed by atoms with E-state index in [1.165, 1.54) is 0 Å². The molecule has 0 radical (unpaired) electrons. The van der Waals surface area contributed by atoms with Crippen molar-refractivity contribution in [3.8, 4) is 5.88 Å². The van der Waals surface area contributed by atoms with E-state index in [9.17, 15) is 0 Å². The van der Waals surface area contributed by atoms with E-state index >= 15 is 0 Å². The van der Waals surface area contributed by atoms with E-state index in [-0.39, 0.29) is 5.60 Å². The molecule has 1 fully saturated rings. The number of halogens is 1. The highest BCUT2D eigenvalue weighted by atomic mass is 35.5. The van der Waals surface area contributed by atoms with Gasteiger partial charge in [-0.1, -0.05) is 11.6 Å². The van der Waals surface area contributed by atoms with Crippen LogP contribution in [0.25, 0.3) is 0 Å². The van der Waals surface area contributed by atoms with Crippen LogP contribution in [0.4, 0.5) is 0 Å². The number of ether oxygens (including phenoxy) is 1. The summed E-state index contributed by atoms with van der Waals surface area (Å²) in [6, 6.07) is 3.62. The molecule has 4 heteroatoms. The minimum absolute atomic E-state index is 0.0912. The van der Waals surface area contributed by atoms with Crippen LogP contribution in [0.5, 0.6) is 5.88 Å². The first-order chi connectivity index (χ1) is 7.18. The third-order valence-electron chi connectivity index (χ3n) is 2.71. The number of hydrogen-bond donors (Lipinski definition) is 1. The predicted octanol–water partition coefficient (Wildman–Crippen LogP) is 2.26. The Morgan fingerprint density at radius 2 is 2.13 bits per heavy atom. The molecule has 0 bridgehead atoms. The van der Waals surface area contributed by atoms with Crippen LogP contribution in [-0.2, 0) is 0 Å². The molecule has 0 atom stereocenters. The molecule has 1 aliphatic rings. The van der Waals surface area contributed by atoms with Crippen molar-refractivity contribution in [2.45, 2.75) is 25.4 Å². The second-order valence-corrected chi connectivity index (χ2v) is 4.55. The Balaban J connectivity index is 2.03. The van der Waals surface area contributed by atoms with Crippen molar-refractivity contribution in [3.05, 3.63) is 23.4 Å². The minimum atomic E-state index is -0.0912. The zero-order valence-electron chi connectivity index (χ0n) is 8.79. The highest BCUT2D eigenvalue weighted by Crippen LogP contribution is 2.24. The average Bonchev–Trinajstić information content (AvgIpc) is 2.22. The van der Waals surface area contributed by atoms with Gasteiger partial charge in [-0.2, -0.15) is 0 Å². The predicted molar refractivity (Wildman–Crippen MR) is 60.4 cm³/mol. The maximum atomic E-state index is 5.89. The molecule has 0 unspecified atom stereocenters. The van der Waals surface area contributed by atoms with Crippen molar-refractivity contribution in [2.24, 2.45) is 0 Å². The van der Waals surface area contributed by atoms with Gasteiger partial charge in [-0.05, 0) is 38.9 Å². The molecule has 15 heavy (non-hydrogen) atoms. The molecule has 1 N–H and O–H groups in total. The van der Waals surface area contributed by atoms with Crippen LogP contribution in [0.15, 0.2) is 18.3 Å². The monoisotopic (exact) mass is 226 g/mol. The Kier molecular flexibility index (Phi) is 3.12. The summed E-state index contributed by atoms with van der Waals surface area (Å²) >= 11 is 5.76. The Hall–Kier alpha value is -0.800. The largest absolute Gasteiger partial charge is 0.471 e. The summed E-state index contributed by atoms with van der Waals surface area (Å²) in [7, 11) is 0. The summed E-state index contributed by atoms with van der Waals surface area (Å²) < 4.78 is 5.89. The lowest BCUT2D eigenvalue weighted by Crippen LogP contribution is -2.43. The lowest BCUT2D eigenvalue weighted by Gasteiger charge is -2.34. The second-order valence-electron chi connectivity index (χ2n) is 4.12. The average molecular weight is 227 g/mol. The van der Waals surface area contributed by atoms with E-state index in [2.05, 4.69) is 17.2 Å². The lowest BCUT2D eigenvalue weighted by atomic mass is 9.95. The molecule has 1 aromatic rings. The van der Waals surface area contributed by atoms with Crippen molar-refractivity contribution in [2.75, 3.05) is 13.1 Å². The molecular weight excluding hydrogens is 212 g/mol. The van der Waals surface area contributed by atoms with E-state index in [0.717, 1.165) is 25.9 Å². The van der Waals surface area contributed by atoms with Crippen LogP contribution in [0.2, 0.25) is 5.02 Å². The molecule has 0 spiro atoms. The number of piperidine rings is 1. The molecule has 1 aromatic heterocycles. The zero-order valence-corrected chi connectivity index (χ0v) is 9.55. The van der Waals surface area contributed by atoms with Gasteiger partial charge < -0.3 is 10.1 Å². The molecule has 2 rings (SSSR count). The first-order valence-electron chi connectivity index (χ1n) is 5.19. The molecule has 2 heterocycles. The quantitative estimate of drug-likeness (QED) is 0.840. The van der Waals surface area contributed by atoms with Crippen LogP contribution in [-0.4, -0.2) is 23.7 Å². The van der Waals surface area contributed by atoms with Crippen LogP contribution in [0, 0.1) is 0 Å². The first-order valence-corrected chi connectivity index (χ1v) is 5.57. The Morgan fingerprint density at radius 3 is 2.73 bits per heavy atom. The van der Waals surface area contributed by atoms with Crippen molar-refractivity contribution in [1.82, 2.24) is 10.3 Å². The Labute approximate surface area is 94.8 Å². The van der Waals surface area contributed by atoms with Crippen molar-refractivity contribution in [3.63, 3.8) is 0 Å². The van der Waals surface area contributed by atoms with Crippen LogP contribution >= 0.6 is 11.6 Å². The van der Waals surface area contributed by atoms with E-state index in [4.69, 9.17) is 16.3 Å². The number of nitrogens with one attached hydrogen (secondary N) is 1. The van der Waals surface area contributed by atoms with Gasteiger partial charge in [0.2, 0.25) is 5.88 Å². The third-order valence-corrected chi connectivity index (χ3v) is 2.94. The van der Waals surface area contributed by atoms with E-state index < -0.39 is 0 Å². The lowest BCUT2D eigenvalue weighted by molar-refractivity contribution is 0.0508. The van der Waals surface area contributed by atoms with Gasteiger partial charge in [-0.15, -0.1) is 0 Å². The highest BCUT2D eigenvalue weighted by Gasteiger charge is 2.28. The molecule has 0 aromatic carbocycles. The maximum Gasteiger partial charge on any atom is 0.213 e. The fourth-order valence-corrected chi connectivity index (χ4v) is 1.84. The molecule has 1 aliphatic heterocycles. The molecule has 82 valence electrons. The number of hydrogen-bond acceptors (Lipinski definition) is 3. The van der Waals surface area contributed by atoms with Gasteiger partial charge in [-0.25, -0.2) is 4.98 Å². The van der Waals surface area contributed by atoms with Crippen LogP contribution in [0.3, 0.4) is 0 Å². The fourth-order valence-electron chi connectivity index (χ4n) is 1.73. The molecule has 1 saturated heterocycles. The van der Waals surface area contributed by atoms with Crippen LogP contribution in [0.1, 0.15) is 19.8 Å². The highest BCUT2D eigenvalue weighted by molar-refractivity contribution is 6.30. The summed E-state index contributed by atoms with van der Waals surface area (Å²) in [5.74, 6) is 0.656. The van der Waals surface area contributed by atoms with E-state index in [1.807, 2.05) is 6.07 Å². The molecule has 3 nitrogen and oxygen atoms in total. The summed E-state index contributed by atoms with van der Waals surface area (Å²) in [5, 5.41) is 3.95. The topological polar surface area (TPSA) is 34.1 Å². The first kappa shape index (κ1) is 10.7. The van der Waals surface area contributed by atoms with E-state index in [1.54, 1.807) is 12.3 Å². The summed E-state index contributed by atoms with van der Waals surface area (Å²) in [6.45, 7) is 4.14. The molecular formula is C11H15ClN2O. The van der Waals surface area contributed by atoms with Crippen molar-refractivity contribution >= 4 is 11.6 Å². The Morgan fingerprint density at radius 1 is 1.40 bits per heavy atom. The molecule has 0 saturated carbocycles. The zero-order chi connectivity index (χ0) is 10.7. The van der Waals surface area contributed by atoms with Crippen molar-refractivity contribution in [1.29, 1.82) is 0 Å². The smallest absolute Gasteiger partial charge is 0.213 e. The van der Waals surface area contributed by atoms with Gasteiger partial charge in [0.1, 0.15) is 5.60 Å². The minimum Gasteiger partial charge on any atom is -0.471 e. The number of nitrogens with zero attached hydrogens (tertiary/aromatic N) is 1. The fraction of sp³-hybridized carbons (Fsp3) is 0.545. The van der Waals surface area contributed by atoms with Gasteiger partial charge >= 0.3 is 0 Å². The second kappa shape index (κ2) is 4.37. The third kappa shape index (κ3) is 2.83. The number of aromatic nitrogens is 1. The SMILES string of the molecule is CC1(Oc2ccc(Cl)cn2)CCNCC1. The number of pyridine rings is 1. The van der Waals surface area contributed by atoms with E-state index in [0.29, 0.717) is 10.9 Å². The van der Waals surface area contributed by atoms with Gasteiger partial charge in [0.25, 0.3) is 0 Å². The normalized spacial score (nSPS) is 19.9. The Bertz CT molecular complexity index is 320. The van der Waals surface area contributed by atoms with Crippen LogP contribution < -0.4 is 10.1 Å². The van der Waals surface area contributed by atoms with Gasteiger partial charge in [0.05, 0.1) is 5.02 Å². The summed E-state index contributed by atoms with van der Waals surface area (Å²) in [6.07, 6.45) is 3.63. The summed E-state index contributed by atoms with van der Waals surface area (Å²) in [4.78, 5) is 4.14. The number of rotatable bonds is 2. The van der Waals surface area contributed by atoms with Crippen molar-refractivity contribution < 1.29 is 4.74 Å². The molecule has 0 aliphatic carbocycles. The molecule has 0 amide bonds. The maximum absolute atomic E-state index is 5.89. The van der Waals surface area contributed by atoms with Gasteiger partial charge in [-0.3, -0.25) is 0 Å². The standard InChI is InChI=1S/C11H15ClN2O/c1-11(4-6-13-7-5-11)15-10-3-2-9(12)8-14-10/h2-3,8,13H,4-7H2,1H3. The van der Waals surface area contributed by atoms with Gasteiger partial charge in [0.15, 0.2) is 0 Å². The summed E-state index contributed by atoms with van der Waals surface area (Å²) in [5.41, 5.74) is -0.0912. The van der Waals surface area contributed by atoms with Gasteiger partial charge in [0, 0.05) is 12.3 Å².